The minimum absolute atomic E-state index is 0.0868. The Hall–Kier alpha value is -2.27. The number of hydrogen-bond donors (Lipinski definition) is 0. The number of aromatic nitrogens is 1. The molecule has 2 aliphatic rings. The van der Waals surface area contributed by atoms with Gasteiger partial charge in [0, 0.05) is 25.8 Å². The lowest BCUT2D eigenvalue weighted by Gasteiger charge is -2.15. The minimum Gasteiger partial charge on any atom is -0.390 e. The van der Waals surface area contributed by atoms with Crippen molar-refractivity contribution in [3.63, 3.8) is 0 Å². The van der Waals surface area contributed by atoms with E-state index in [-0.39, 0.29) is 17.8 Å². The van der Waals surface area contributed by atoms with Crippen LogP contribution in [0.4, 0.5) is 4.39 Å². The van der Waals surface area contributed by atoms with Crippen molar-refractivity contribution in [2.45, 2.75) is 12.6 Å². The predicted molar refractivity (Wildman–Crippen MR) is 80.8 cm³/mol. The molecule has 0 unspecified atom stereocenters. The fourth-order valence-electron chi connectivity index (χ4n) is 3.15. The summed E-state index contributed by atoms with van der Waals surface area (Å²) < 4.78 is 13.1. The van der Waals surface area contributed by atoms with E-state index in [4.69, 9.17) is 4.84 Å². The second-order valence-electron chi connectivity index (χ2n) is 5.75. The zero-order valence-corrected chi connectivity index (χ0v) is 12.0. The van der Waals surface area contributed by atoms with E-state index in [1.165, 1.54) is 12.1 Å². The number of oxime groups is 1. The summed E-state index contributed by atoms with van der Waals surface area (Å²) in [4.78, 5) is 12.3. The van der Waals surface area contributed by atoms with Crippen molar-refractivity contribution in [1.29, 1.82) is 0 Å². The van der Waals surface area contributed by atoms with Crippen LogP contribution in [-0.4, -0.2) is 34.8 Å². The van der Waals surface area contributed by atoms with E-state index in [9.17, 15) is 4.39 Å². The summed E-state index contributed by atoms with van der Waals surface area (Å²) in [5, 5.41) is 4.21. The van der Waals surface area contributed by atoms with Crippen LogP contribution in [-0.2, 0) is 11.4 Å². The second kappa shape index (κ2) is 5.50. The lowest BCUT2D eigenvalue weighted by Crippen LogP contribution is -2.23. The smallest absolute Gasteiger partial charge is 0.149 e. The Kier molecular flexibility index (Phi) is 3.35. The number of likely N-dealkylation sites (tertiary alicyclic amines) is 1. The van der Waals surface area contributed by atoms with E-state index >= 15 is 0 Å². The van der Waals surface area contributed by atoms with Crippen LogP contribution in [0.15, 0.2) is 53.8 Å². The molecule has 0 spiro atoms. The quantitative estimate of drug-likeness (QED) is 0.873. The van der Waals surface area contributed by atoms with Crippen molar-refractivity contribution in [1.82, 2.24) is 9.88 Å². The minimum atomic E-state index is -0.233. The predicted octanol–water partition coefficient (Wildman–Crippen LogP) is 2.46. The molecule has 1 fully saturated rings. The van der Waals surface area contributed by atoms with Gasteiger partial charge in [0.05, 0.1) is 17.3 Å². The molecule has 5 heteroatoms. The van der Waals surface area contributed by atoms with E-state index in [1.54, 1.807) is 12.1 Å². The molecule has 0 N–H and O–H groups in total. The molecule has 3 heterocycles. The SMILES string of the molecule is Fc1ccc(C2=NO[C@@H]3CN(Cc4ccccn4)C[C@@H]23)cc1. The first kappa shape index (κ1) is 13.4. The van der Waals surface area contributed by atoms with E-state index in [0.29, 0.717) is 0 Å². The van der Waals surface area contributed by atoms with Gasteiger partial charge in [-0.3, -0.25) is 9.88 Å². The average molecular weight is 297 g/mol. The van der Waals surface area contributed by atoms with Gasteiger partial charge in [-0.05, 0) is 29.8 Å². The number of rotatable bonds is 3. The molecule has 1 aromatic heterocycles. The third kappa shape index (κ3) is 2.48. The maximum absolute atomic E-state index is 13.1. The maximum atomic E-state index is 13.1. The van der Waals surface area contributed by atoms with Gasteiger partial charge in [0.2, 0.25) is 0 Å². The fraction of sp³-hybridized carbons (Fsp3) is 0.294. The molecular formula is C17H16FN3O. The summed E-state index contributed by atoms with van der Waals surface area (Å²) in [6.45, 7) is 2.54. The third-order valence-electron chi connectivity index (χ3n) is 4.23. The van der Waals surface area contributed by atoms with Crippen molar-refractivity contribution in [2.75, 3.05) is 13.1 Å². The first-order valence-electron chi connectivity index (χ1n) is 7.41. The summed E-state index contributed by atoms with van der Waals surface area (Å²) >= 11 is 0. The monoisotopic (exact) mass is 297 g/mol. The van der Waals surface area contributed by atoms with Crippen LogP contribution in [0.2, 0.25) is 0 Å². The zero-order valence-electron chi connectivity index (χ0n) is 12.0. The van der Waals surface area contributed by atoms with E-state index in [2.05, 4.69) is 15.0 Å². The van der Waals surface area contributed by atoms with Crippen molar-refractivity contribution in [3.8, 4) is 0 Å². The summed E-state index contributed by atoms with van der Waals surface area (Å²) in [6, 6.07) is 12.4. The van der Waals surface area contributed by atoms with Gasteiger partial charge < -0.3 is 4.84 Å². The van der Waals surface area contributed by atoms with Crippen molar-refractivity contribution in [2.24, 2.45) is 11.1 Å². The molecular weight excluding hydrogens is 281 g/mol. The molecule has 0 saturated carbocycles. The maximum Gasteiger partial charge on any atom is 0.149 e. The number of nitrogens with zero attached hydrogens (tertiary/aromatic N) is 3. The lowest BCUT2D eigenvalue weighted by atomic mass is 9.95. The lowest BCUT2D eigenvalue weighted by molar-refractivity contribution is 0.0744. The van der Waals surface area contributed by atoms with E-state index < -0.39 is 0 Å². The summed E-state index contributed by atoms with van der Waals surface area (Å²) in [7, 11) is 0. The van der Waals surface area contributed by atoms with Crippen LogP contribution >= 0.6 is 0 Å². The molecule has 0 bridgehead atoms. The Morgan fingerprint density at radius 1 is 1.14 bits per heavy atom. The highest BCUT2D eigenvalue weighted by Gasteiger charge is 2.42. The molecule has 22 heavy (non-hydrogen) atoms. The van der Waals surface area contributed by atoms with Gasteiger partial charge in [0.1, 0.15) is 11.9 Å². The van der Waals surface area contributed by atoms with Gasteiger partial charge in [-0.1, -0.05) is 23.4 Å². The first-order chi connectivity index (χ1) is 10.8. The van der Waals surface area contributed by atoms with Crippen LogP contribution in [0.5, 0.6) is 0 Å². The highest BCUT2D eigenvalue weighted by atomic mass is 19.1. The molecule has 4 nitrogen and oxygen atoms in total. The first-order valence-corrected chi connectivity index (χ1v) is 7.41. The van der Waals surface area contributed by atoms with Crippen LogP contribution in [0.3, 0.4) is 0 Å². The summed E-state index contributed by atoms with van der Waals surface area (Å²) in [6.07, 6.45) is 1.90. The molecule has 2 atom stereocenters. The molecule has 0 aliphatic carbocycles. The zero-order chi connectivity index (χ0) is 14.9. The van der Waals surface area contributed by atoms with Gasteiger partial charge in [-0.25, -0.2) is 4.39 Å². The van der Waals surface area contributed by atoms with Crippen molar-refractivity contribution in [3.05, 3.63) is 65.7 Å². The second-order valence-corrected chi connectivity index (χ2v) is 5.75. The van der Waals surface area contributed by atoms with Crippen LogP contribution < -0.4 is 0 Å². The Labute approximate surface area is 128 Å². The number of benzene rings is 1. The molecule has 1 saturated heterocycles. The molecule has 2 aliphatic heterocycles. The van der Waals surface area contributed by atoms with Gasteiger partial charge >= 0.3 is 0 Å². The topological polar surface area (TPSA) is 37.7 Å². The van der Waals surface area contributed by atoms with E-state index in [1.807, 2.05) is 24.4 Å². The molecule has 0 radical (unpaired) electrons. The normalized spacial score (nSPS) is 24.0. The summed E-state index contributed by atoms with van der Waals surface area (Å²) in [5.74, 6) is 0.0113. The van der Waals surface area contributed by atoms with Crippen molar-refractivity contribution < 1.29 is 9.23 Å². The number of fused-ring (bicyclic) bond motifs is 1. The Bertz CT molecular complexity index is 687. The Morgan fingerprint density at radius 2 is 2.00 bits per heavy atom. The standard InChI is InChI=1S/C17H16FN3O/c18-13-6-4-12(5-7-13)17-15-10-21(11-16(15)22-20-17)9-14-3-1-2-8-19-14/h1-8,15-16H,9-11H2/t15-,16-/m1/s1. The summed E-state index contributed by atoms with van der Waals surface area (Å²) in [5.41, 5.74) is 2.92. The van der Waals surface area contributed by atoms with Crippen LogP contribution in [0.25, 0.3) is 0 Å². The van der Waals surface area contributed by atoms with Gasteiger partial charge in [-0.15, -0.1) is 0 Å². The Balaban J connectivity index is 1.48. The molecule has 0 amide bonds. The Morgan fingerprint density at radius 3 is 2.77 bits per heavy atom. The van der Waals surface area contributed by atoms with Gasteiger partial charge in [0.25, 0.3) is 0 Å². The molecule has 4 rings (SSSR count). The van der Waals surface area contributed by atoms with Crippen LogP contribution in [0, 0.1) is 11.7 Å². The highest BCUT2D eigenvalue weighted by Crippen LogP contribution is 2.30. The number of pyridine rings is 1. The van der Waals surface area contributed by atoms with E-state index in [0.717, 1.165) is 36.6 Å². The third-order valence-corrected chi connectivity index (χ3v) is 4.23. The van der Waals surface area contributed by atoms with Crippen molar-refractivity contribution >= 4 is 5.71 Å². The highest BCUT2D eigenvalue weighted by molar-refractivity contribution is 6.03. The molecule has 1 aromatic carbocycles. The number of halogens is 1. The largest absolute Gasteiger partial charge is 0.390 e. The average Bonchev–Trinajstić information content (AvgIpc) is 3.09. The molecule has 112 valence electrons. The molecule has 2 aromatic rings. The van der Waals surface area contributed by atoms with Gasteiger partial charge in [-0.2, -0.15) is 0 Å². The van der Waals surface area contributed by atoms with Crippen LogP contribution in [0.1, 0.15) is 11.3 Å². The van der Waals surface area contributed by atoms with Gasteiger partial charge in [0.15, 0.2) is 0 Å². The fourth-order valence-corrected chi connectivity index (χ4v) is 3.15. The number of hydrogen-bond acceptors (Lipinski definition) is 4.